The van der Waals surface area contributed by atoms with Gasteiger partial charge in [-0.25, -0.2) is 4.68 Å². The largest absolute Gasteiger partial charge is 0.345 e. The van der Waals surface area contributed by atoms with E-state index >= 15 is 0 Å². The third-order valence-corrected chi connectivity index (χ3v) is 4.50. The highest BCUT2D eigenvalue weighted by Gasteiger charge is 2.27. The van der Waals surface area contributed by atoms with E-state index < -0.39 is 6.04 Å². The molecule has 0 spiro atoms. The summed E-state index contributed by atoms with van der Waals surface area (Å²) in [6.45, 7) is 1.73. The van der Waals surface area contributed by atoms with E-state index in [2.05, 4.69) is 20.6 Å². The number of hydrogen-bond donors (Lipinski definition) is 1. The standard InChI is InChI=1S/C19H19N5O3/c1-12(24-17(25)10-9-15(22-24)13-7-8-13)19(26)20-11-16-21-18(23-27-16)14-5-3-2-4-6-14/h2-6,9-10,12-13H,7-8,11H2,1H3,(H,20,26). The Kier molecular flexibility index (Phi) is 4.53. The van der Waals surface area contributed by atoms with Crippen LogP contribution in [0.1, 0.15) is 43.3 Å². The average molecular weight is 365 g/mol. The van der Waals surface area contributed by atoms with Crippen molar-refractivity contribution in [2.45, 2.75) is 38.3 Å². The predicted octanol–water partition coefficient (Wildman–Crippen LogP) is 2.05. The average Bonchev–Trinajstić information content (AvgIpc) is 3.44. The van der Waals surface area contributed by atoms with Crippen LogP contribution in [-0.4, -0.2) is 25.8 Å². The van der Waals surface area contributed by atoms with Crippen molar-refractivity contribution in [1.82, 2.24) is 25.2 Å². The monoisotopic (exact) mass is 365 g/mol. The smallest absolute Gasteiger partial charge is 0.267 e. The van der Waals surface area contributed by atoms with Gasteiger partial charge in [-0.1, -0.05) is 35.5 Å². The first-order valence-corrected chi connectivity index (χ1v) is 8.87. The van der Waals surface area contributed by atoms with E-state index in [4.69, 9.17) is 4.52 Å². The predicted molar refractivity (Wildman–Crippen MR) is 96.8 cm³/mol. The zero-order chi connectivity index (χ0) is 18.8. The first-order valence-electron chi connectivity index (χ1n) is 8.87. The van der Waals surface area contributed by atoms with Crippen LogP contribution in [0.4, 0.5) is 0 Å². The van der Waals surface area contributed by atoms with E-state index in [0.29, 0.717) is 17.6 Å². The minimum atomic E-state index is -0.729. The molecule has 27 heavy (non-hydrogen) atoms. The Morgan fingerprint density at radius 2 is 2.04 bits per heavy atom. The lowest BCUT2D eigenvalue weighted by molar-refractivity contribution is -0.124. The highest BCUT2D eigenvalue weighted by atomic mass is 16.5. The second-order valence-electron chi connectivity index (χ2n) is 6.59. The van der Waals surface area contributed by atoms with Gasteiger partial charge < -0.3 is 9.84 Å². The molecular formula is C19H19N5O3. The fourth-order valence-electron chi connectivity index (χ4n) is 2.77. The molecule has 1 amide bonds. The maximum atomic E-state index is 12.4. The van der Waals surface area contributed by atoms with Crippen LogP contribution in [0, 0.1) is 0 Å². The van der Waals surface area contributed by atoms with Crippen LogP contribution in [0.5, 0.6) is 0 Å². The zero-order valence-electron chi connectivity index (χ0n) is 14.8. The van der Waals surface area contributed by atoms with E-state index in [1.807, 2.05) is 30.3 Å². The van der Waals surface area contributed by atoms with Crippen molar-refractivity contribution < 1.29 is 9.32 Å². The first-order chi connectivity index (χ1) is 13.1. The van der Waals surface area contributed by atoms with Crippen molar-refractivity contribution in [3.05, 3.63) is 64.4 Å². The molecule has 1 atom stereocenters. The van der Waals surface area contributed by atoms with Crippen molar-refractivity contribution in [2.24, 2.45) is 0 Å². The van der Waals surface area contributed by atoms with Crippen LogP contribution >= 0.6 is 0 Å². The minimum Gasteiger partial charge on any atom is -0.345 e. The molecule has 1 saturated carbocycles. The molecule has 0 radical (unpaired) electrons. The van der Waals surface area contributed by atoms with Gasteiger partial charge in [0.05, 0.1) is 12.2 Å². The SMILES string of the molecule is CC(C(=O)NCc1nc(-c2ccccc2)no1)n1nc(C2CC2)ccc1=O. The summed E-state index contributed by atoms with van der Waals surface area (Å²) in [4.78, 5) is 28.8. The molecule has 1 aromatic carbocycles. The Bertz CT molecular complexity index is 1010. The van der Waals surface area contributed by atoms with Crippen molar-refractivity contribution in [3.8, 4) is 11.4 Å². The van der Waals surface area contributed by atoms with Crippen molar-refractivity contribution in [2.75, 3.05) is 0 Å². The minimum absolute atomic E-state index is 0.0834. The maximum absolute atomic E-state index is 12.4. The third kappa shape index (κ3) is 3.79. The molecule has 4 rings (SSSR count). The van der Waals surface area contributed by atoms with Crippen molar-refractivity contribution in [3.63, 3.8) is 0 Å². The van der Waals surface area contributed by atoms with Gasteiger partial charge in [-0.2, -0.15) is 10.1 Å². The Labute approximate surface area is 155 Å². The van der Waals surface area contributed by atoms with Crippen molar-refractivity contribution in [1.29, 1.82) is 0 Å². The van der Waals surface area contributed by atoms with Gasteiger partial charge in [0, 0.05) is 17.5 Å². The van der Waals surface area contributed by atoms with Crippen LogP contribution in [0.15, 0.2) is 51.8 Å². The number of aromatic nitrogens is 4. The normalized spacial score (nSPS) is 14.7. The van der Waals surface area contributed by atoms with Gasteiger partial charge in [-0.05, 0) is 25.8 Å². The van der Waals surface area contributed by atoms with Crippen LogP contribution in [0.2, 0.25) is 0 Å². The van der Waals surface area contributed by atoms with Crippen LogP contribution in [0.3, 0.4) is 0 Å². The molecule has 3 aromatic rings. The Morgan fingerprint density at radius 3 is 2.78 bits per heavy atom. The fourth-order valence-corrected chi connectivity index (χ4v) is 2.77. The van der Waals surface area contributed by atoms with Crippen LogP contribution in [-0.2, 0) is 11.3 Å². The lowest BCUT2D eigenvalue weighted by Gasteiger charge is -2.14. The van der Waals surface area contributed by atoms with Gasteiger partial charge in [-0.15, -0.1) is 0 Å². The lowest BCUT2D eigenvalue weighted by atomic mass is 10.2. The summed E-state index contributed by atoms with van der Waals surface area (Å²) >= 11 is 0. The Balaban J connectivity index is 1.42. The summed E-state index contributed by atoms with van der Waals surface area (Å²) in [7, 11) is 0. The highest BCUT2D eigenvalue weighted by molar-refractivity contribution is 5.79. The number of nitrogens with one attached hydrogen (secondary N) is 1. The summed E-state index contributed by atoms with van der Waals surface area (Å²) in [6.07, 6.45) is 2.15. The second-order valence-corrected chi connectivity index (χ2v) is 6.59. The molecule has 1 unspecified atom stereocenters. The lowest BCUT2D eigenvalue weighted by Crippen LogP contribution is -2.37. The van der Waals surface area contributed by atoms with Crippen molar-refractivity contribution >= 4 is 5.91 Å². The molecule has 8 nitrogen and oxygen atoms in total. The van der Waals surface area contributed by atoms with Gasteiger partial charge in [0.1, 0.15) is 6.04 Å². The quantitative estimate of drug-likeness (QED) is 0.717. The van der Waals surface area contributed by atoms with Gasteiger partial charge in [0.15, 0.2) is 0 Å². The fraction of sp³-hybridized carbons (Fsp3) is 0.316. The van der Waals surface area contributed by atoms with Crippen LogP contribution in [0.25, 0.3) is 11.4 Å². The molecule has 1 aliphatic carbocycles. The number of carbonyl (C=O) groups excluding carboxylic acids is 1. The molecule has 8 heteroatoms. The van der Waals surface area contributed by atoms with E-state index in [1.165, 1.54) is 10.7 Å². The van der Waals surface area contributed by atoms with E-state index in [-0.39, 0.29) is 18.0 Å². The first kappa shape index (κ1) is 17.1. The number of benzene rings is 1. The molecule has 2 aromatic heterocycles. The number of nitrogens with zero attached hydrogens (tertiary/aromatic N) is 4. The molecular weight excluding hydrogens is 346 g/mol. The number of hydrogen-bond acceptors (Lipinski definition) is 6. The van der Waals surface area contributed by atoms with Gasteiger partial charge in [0.25, 0.3) is 5.56 Å². The summed E-state index contributed by atoms with van der Waals surface area (Å²) < 4.78 is 6.41. The van der Waals surface area contributed by atoms with Gasteiger partial charge in [-0.3, -0.25) is 9.59 Å². The highest BCUT2D eigenvalue weighted by Crippen LogP contribution is 2.38. The topological polar surface area (TPSA) is 103 Å². The maximum Gasteiger partial charge on any atom is 0.267 e. The molecule has 0 aliphatic heterocycles. The third-order valence-electron chi connectivity index (χ3n) is 4.50. The molecule has 1 aliphatic rings. The summed E-state index contributed by atoms with van der Waals surface area (Å²) in [6, 6.07) is 11.9. The van der Waals surface area contributed by atoms with E-state index in [1.54, 1.807) is 13.0 Å². The molecule has 1 N–H and O–H groups in total. The number of carbonyl (C=O) groups is 1. The molecule has 0 bridgehead atoms. The van der Waals surface area contributed by atoms with E-state index in [9.17, 15) is 9.59 Å². The molecule has 2 heterocycles. The van der Waals surface area contributed by atoms with Gasteiger partial charge >= 0.3 is 0 Å². The molecule has 1 fully saturated rings. The zero-order valence-corrected chi connectivity index (χ0v) is 14.8. The summed E-state index contributed by atoms with van der Waals surface area (Å²) in [5.41, 5.74) is 1.39. The number of amides is 1. The second kappa shape index (κ2) is 7.14. The van der Waals surface area contributed by atoms with Crippen LogP contribution < -0.4 is 10.9 Å². The Hall–Kier alpha value is -3.29. The number of rotatable bonds is 6. The van der Waals surface area contributed by atoms with E-state index in [0.717, 1.165) is 24.1 Å². The Morgan fingerprint density at radius 1 is 1.26 bits per heavy atom. The summed E-state index contributed by atoms with van der Waals surface area (Å²) in [5.74, 6) is 0.822. The molecule has 138 valence electrons. The summed E-state index contributed by atoms with van der Waals surface area (Å²) in [5, 5.41) is 11.0. The molecule has 0 saturated heterocycles. The van der Waals surface area contributed by atoms with Gasteiger partial charge in [0.2, 0.25) is 17.6 Å².